The highest BCUT2D eigenvalue weighted by molar-refractivity contribution is 5.89. The Morgan fingerprint density at radius 1 is 1.03 bits per heavy atom. The van der Waals surface area contributed by atoms with Gasteiger partial charge in [-0.2, -0.15) is 0 Å². The molecule has 6 nitrogen and oxygen atoms in total. The minimum absolute atomic E-state index is 0.0652. The maximum Gasteiger partial charge on any atom is 0.228 e. The lowest BCUT2D eigenvalue weighted by molar-refractivity contribution is -0.136. The van der Waals surface area contributed by atoms with Crippen molar-refractivity contribution in [1.82, 2.24) is 14.7 Å². The first-order valence-corrected chi connectivity index (χ1v) is 10.8. The predicted molar refractivity (Wildman–Crippen MR) is 112 cm³/mol. The van der Waals surface area contributed by atoms with Gasteiger partial charge in [-0.25, -0.2) is 0 Å². The van der Waals surface area contributed by atoms with Crippen molar-refractivity contribution in [3.63, 3.8) is 0 Å². The number of carbonyl (C=O) groups excluding carboxylic acids is 3. The lowest BCUT2D eigenvalue weighted by Crippen LogP contribution is -2.41. The fourth-order valence-electron chi connectivity index (χ4n) is 4.21. The molecule has 0 aromatic heterocycles. The normalized spacial score (nSPS) is 20.3. The molecule has 1 aromatic carbocycles. The monoisotopic (exact) mass is 399 g/mol. The Bertz CT molecular complexity index is 744. The standard InChI is InChI=1S/C23H33N3O3/c1-17(2)26-16-20(15-22(26)28)23(29)25-12-4-11-24(13-14-25)21(27)10-9-19-7-5-18(3)6-8-19/h5-8,17,20H,4,9-16H2,1-3H3. The number of hydrogen-bond donors (Lipinski definition) is 0. The number of carbonyl (C=O) groups is 3. The summed E-state index contributed by atoms with van der Waals surface area (Å²) in [6.45, 7) is 9.03. The van der Waals surface area contributed by atoms with Gasteiger partial charge in [-0.15, -0.1) is 0 Å². The molecule has 6 heteroatoms. The van der Waals surface area contributed by atoms with Crippen molar-refractivity contribution in [3.8, 4) is 0 Å². The highest BCUT2D eigenvalue weighted by Gasteiger charge is 2.37. The molecular weight excluding hydrogens is 366 g/mol. The average Bonchev–Trinajstić information content (AvgIpc) is 2.93. The van der Waals surface area contributed by atoms with E-state index in [0.29, 0.717) is 45.6 Å². The van der Waals surface area contributed by atoms with E-state index in [1.54, 1.807) is 4.90 Å². The summed E-state index contributed by atoms with van der Waals surface area (Å²) in [6.07, 6.45) is 2.34. The quantitative estimate of drug-likeness (QED) is 0.763. The highest BCUT2D eigenvalue weighted by Crippen LogP contribution is 2.23. The van der Waals surface area contributed by atoms with Gasteiger partial charge in [0.2, 0.25) is 17.7 Å². The lowest BCUT2D eigenvalue weighted by Gasteiger charge is -2.25. The molecule has 2 fully saturated rings. The number of benzene rings is 1. The SMILES string of the molecule is Cc1ccc(CCC(=O)N2CCCN(C(=O)C3CC(=O)N(C(C)C)C3)CC2)cc1. The van der Waals surface area contributed by atoms with E-state index >= 15 is 0 Å². The van der Waals surface area contributed by atoms with E-state index < -0.39 is 0 Å². The Labute approximate surface area is 173 Å². The van der Waals surface area contributed by atoms with Crippen LogP contribution >= 0.6 is 0 Å². The summed E-state index contributed by atoms with van der Waals surface area (Å²) < 4.78 is 0. The van der Waals surface area contributed by atoms with Crippen molar-refractivity contribution in [3.05, 3.63) is 35.4 Å². The van der Waals surface area contributed by atoms with E-state index in [9.17, 15) is 14.4 Å². The maximum atomic E-state index is 12.9. The molecule has 0 bridgehead atoms. The third kappa shape index (κ3) is 5.37. The first-order chi connectivity index (χ1) is 13.8. The number of aryl methyl sites for hydroxylation is 2. The van der Waals surface area contributed by atoms with Crippen LogP contribution in [0.1, 0.15) is 44.2 Å². The number of nitrogens with zero attached hydrogens (tertiary/aromatic N) is 3. The van der Waals surface area contributed by atoms with Crippen molar-refractivity contribution < 1.29 is 14.4 Å². The molecule has 3 rings (SSSR count). The molecular formula is C23H33N3O3. The Morgan fingerprint density at radius 3 is 2.34 bits per heavy atom. The van der Waals surface area contributed by atoms with Gasteiger partial charge in [0, 0.05) is 51.6 Å². The van der Waals surface area contributed by atoms with Crippen LogP contribution < -0.4 is 0 Å². The topological polar surface area (TPSA) is 60.9 Å². The minimum atomic E-state index is -0.242. The van der Waals surface area contributed by atoms with E-state index in [2.05, 4.69) is 31.2 Å². The van der Waals surface area contributed by atoms with Gasteiger partial charge in [0.25, 0.3) is 0 Å². The van der Waals surface area contributed by atoms with Crippen LogP contribution in [0.3, 0.4) is 0 Å². The number of rotatable bonds is 5. The molecule has 1 aromatic rings. The zero-order valence-corrected chi connectivity index (χ0v) is 17.9. The van der Waals surface area contributed by atoms with Crippen LogP contribution in [0.25, 0.3) is 0 Å². The molecule has 2 saturated heterocycles. The molecule has 3 amide bonds. The molecule has 0 radical (unpaired) electrons. The third-order valence-corrected chi connectivity index (χ3v) is 6.04. The molecule has 158 valence electrons. The second-order valence-corrected chi connectivity index (χ2v) is 8.59. The van der Waals surface area contributed by atoms with Crippen molar-refractivity contribution in [1.29, 1.82) is 0 Å². The fraction of sp³-hybridized carbons (Fsp3) is 0.609. The van der Waals surface area contributed by atoms with Crippen LogP contribution in [0.15, 0.2) is 24.3 Å². The molecule has 1 unspecified atom stereocenters. The molecule has 0 N–H and O–H groups in total. The summed E-state index contributed by atoms with van der Waals surface area (Å²) in [5.41, 5.74) is 2.40. The zero-order valence-electron chi connectivity index (χ0n) is 17.9. The smallest absolute Gasteiger partial charge is 0.228 e. The molecule has 0 spiro atoms. The summed E-state index contributed by atoms with van der Waals surface area (Å²) in [7, 11) is 0. The van der Waals surface area contributed by atoms with Crippen LogP contribution in [-0.4, -0.2) is 71.2 Å². The summed E-state index contributed by atoms with van der Waals surface area (Å²) in [5, 5.41) is 0. The Morgan fingerprint density at radius 2 is 1.69 bits per heavy atom. The van der Waals surface area contributed by atoms with Crippen LogP contribution in [-0.2, 0) is 20.8 Å². The summed E-state index contributed by atoms with van der Waals surface area (Å²) >= 11 is 0. The fourth-order valence-corrected chi connectivity index (χ4v) is 4.21. The van der Waals surface area contributed by atoms with Gasteiger partial charge in [0.1, 0.15) is 0 Å². The Hall–Kier alpha value is -2.37. The predicted octanol–water partition coefficient (Wildman–Crippen LogP) is 2.25. The number of hydrogen-bond acceptors (Lipinski definition) is 3. The molecule has 2 aliphatic heterocycles. The second kappa shape index (κ2) is 9.42. The van der Waals surface area contributed by atoms with E-state index in [1.165, 1.54) is 11.1 Å². The largest absolute Gasteiger partial charge is 0.341 e. The summed E-state index contributed by atoms with van der Waals surface area (Å²) in [6, 6.07) is 8.43. The van der Waals surface area contributed by atoms with Crippen LogP contribution in [0.5, 0.6) is 0 Å². The summed E-state index contributed by atoms with van der Waals surface area (Å²) in [4.78, 5) is 43.3. The van der Waals surface area contributed by atoms with Gasteiger partial charge in [0.15, 0.2) is 0 Å². The summed E-state index contributed by atoms with van der Waals surface area (Å²) in [5.74, 6) is 0.0483. The molecule has 29 heavy (non-hydrogen) atoms. The van der Waals surface area contributed by atoms with Gasteiger partial charge in [0.05, 0.1) is 5.92 Å². The zero-order chi connectivity index (χ0) is 21.0. The van der Waals surface area contributed by atoms with E-state index in [-0.39, 0.29) is 29.7 Å². The van der Waals surface area contributed by atoms with Gasteiger partial charge in [-0.05, 0) is 39.2 Å². The maximum absolute atomic E-state index is 12.9. The van der Waals surface area contributed by atoms with Crippen LogP contribution in [0.2, 0.25) is 0 Å². The van der Waals surface area contributed by atoms with E-state index in [1.807, 2.05) is 23.6 Å². The molecule has 1 atom stereocenters. The minimum Gasteiger partial charge on any atom is -0.341 e. The van der Waals surface area contributed by atoms with Gasteiger partial charge < -0.3 is 14.7 Å². The molecule has 2 heterocycles. The van der Waals surface area contributed by atoms with Crippen LogP contribution in [0.4, 0.5) is 0 Å². The van der Waals surface area contributed by atoms with E-state index in [4.69, 9.17) is 0 Å². The molecule has 0 saturated carbocycles. The van der Waals surface area contributed by atoms with Gasteiger partial charge in [-0.3, -0.25) is 14.4 Å². The first-order valence-electron chi connectivity index (χ1n) is 10.8. The first kappa shape index (κ1) is 21.3. The average molecular weight is 400 g/mol. The molecule has 0 aliphatic carbocycles. The van der Waals surface area contributed by atoms with Crippen molar-refractivity contribution in [2.45, 2.75) is 52.5 Å². The third-order valence-electron chi connectivity index (χ3n) is 6.04. The van der Waals surface area contributed by atoms with Crippen LogP contribution in [0, 0.1) is 12.8 Å². The lowest BCUT2D eigenvalue weighted by atomic mass is 10.1. The van der Waals surface area contributed by atoms with Gasteiger partial charge in [-0.1, -0.05) is 29.8 Å². The Balaban J connectivity index is 1.49. The molecule has 2 aliphatic rings. The van der Waals surface area contributed by atoms with E-state index in [0.717, 1.165) is 12.8 Å². The Kier molecular flexibility index (Phi) is 6.93. The van der Waals surface area contributed by atoms with Crippen molar-refractivity contribution in [2.75, 3.05) is 32.7 Å². The van der Waals surface area contributed by atoms with Crippen molar-refractivity contribution >= 4 is 17.7 Å². The highest BCUT2D eigenvalue weighted by atomic mass is 16.2. The number of amides is 3. The number of likely N-dealkylation sites (tertiary alicyclic amines) is 1. The van der Waals surface area contributed by atoms with Gasteiger partial charge >= 0.3 is 0 Å². The second-order valence-electron chi connectivity index (χ2n) is 8.59. The van der Waals surface area contributed by atoms with Crippen molar-refractivity contribution in [2.24, 2.45) is 5.92 Å².